The number of nitrogens with one attached hydrogen (secondary N) is 2. The van der Waals surface area contributed by atoms with Crippen molar-refractivity contribution in [3.8, 4) is 0 Å². The number of halogens is 2. The van der Waals surface area contributed by atoms with E-state index >= 15 is 0 Å². The van der Waals surface area contributed by atoms with E-state index in [1.165, 1.54) is 5.56 Å². The molecule has 0 spiro atoms. The average molecular weight is 434 g/mol. The first kappa shape index (κ1) is 18.8. The zero-order valence-electron chi connectivity index (χ0n) is 12.5. The summed E-state index contributed by atoms with van der Waals surface area (Å²) in [6, 6.07) is 7.91. The average Bonchev–Trinajstić information content (AvgIpc) is 3.01. The van der Waals surface area contributed by atoms with Crippen molar-refractivity contribution in [2.45, 2.75) is 13.0 Å². The lowest BCUT2D eigenvalue weighted by molar-refractivity contribution is 0.661. The number of rotatable bonds is 6. The molecule has 1 aromatic carbocycles. The molecule has 0 unspecified atom stereocenters. The number of benzene rings is 1. The number of hydrogen-bond donors (Lipinski definition) is 2. The van der Waals surface area contributed by atoms with Crippen molar-refractivity contribution in [3.63, 3.8) is 0 Å². The molecule has 2 rings (SSSR count). The third-order valence-corrected chi connectivity index (χ3v) is 3.32. The fourth-order valence-corrected chi connectivity index (χ4v) is 2.05. The van der Waals surface area contributed by atoms with Gasteiger partial charge in [0.25, 0.3) is 0 Å². The van der Waals surface area contributed by atoms with Crippen LogP contribution in [-0.2, 0) is 13.0 Å². The highest BCUT2D eigenvalue weighted by Gasteiger charge is 1.98. The lowest BCUT2D eigenvalue weighted by Crippen LogP contribution is -2.39. The Morgan fingerprint density at radius 3 is 2.59 bits per heavy atom. The molecule has 2 N–H and O–H groups in total. The summed E-state index contributed by atoms with van der Waals surface area (Å²) in [4.78, 5) is 8.21. The maximum atomic E-state index is 5.87. The van der Waals surface area contributed by atoms with Gasteiger partial charge in [0.05, 0.1) is 6.33 Å². The molecule has 0 amide bonds. The van der Waals surface area contributed by atoms with Crippen molar-refractivity contribution in [1.29, 1.82) is 0 Å². The Balaban J connectivity index is 0.00000242. The topological polar surface area (TPSA) is 54.2 Å². The monoisotopic (exact) mass is 433 g/mol. The summed E-state index contributed by atoms with van der Waals surface area (Å²) >= 11 is 5.87. The van der Waals surface area contributed by atoms with E-state index < -0.39 is 0 Å². The van der Waals surface area contributed by atoms with Gasteiger partial charge in [-0.05, 0) is 24.1 Å². The molecule has 2 aromatic rings. The van der Waals surface area contributed by atoms with Gasteiger partial charge in [-0.3, -0.25) is 4.99 Å². The van der Waals surface area contributed by atoms with Crippen LogP contribution in [-0.4, -0.2) is 35.6 Å². The Morgan fingerprint density at radius 1 is 1.23 bits per heavy atom. The van der Waals surface area contributed by atoms with Gasteiger partial charge in [-0.15, -0.1) is 24.0 Å². The van der Waals surface area contributed by atoms with Gasteiger partial charge in [0.15, 0.2) is 5.96 Å². The van der Waals surface area contributed by atoms with E-state index in [0.29, 0.717) is 0 Å². The Bertz CT molecular complexity index is 554. The van der Waals surface area contributed by atoms with Crippen molar-refractivity contribution >= 4 is 41.5 Å². The minimum Gasteiger partial charge on any atom is -0.356 e. The number of aromatic nitrogens is 2. The van der Waals surface area contributed by atoms with E-state index in [-0.39, 0.29) is 24.0 Å². The van der Waals surface area contributed by atoms with Crippen molar-refractivity contribution in [2.75, 3.05) is 20.1 Å². The number of guanidine groups is 1. The van der Waals surface area contributed by atoms with Gasteiger partial charge >= 0.3 is 0 Å². The second-order valence-corrected chi connectivity index (χ2v) is 5.04. The van der Waals surface area contributed by atoms with Crippen LogP contribution < -0.4 is 10.6 Å². The highest BCUT2D eigenvalue weighted by Crippen LogP contribution is 2.09. The van der Waals surface area contributed by atoms with E-state index in [4.69, 9.17) is 11.6 Å². The Hall–Kier alpha value is -1.28. The molecule has 0 bridgehead atoms. The zero-order valence-corrected chi connectivity index (χ0v) is 15.6. The van der Waals surface area contributed by atoms with Crippen LogP contribution in [0.15, 0.2) is 48.0 Å². The summed E-state index contributed by atoms with van der Waals surface area (Å²) in [5, 5.41) is 7.33. The predicted octanol–water partition coefficient (Wildman–Crippen LogP) is 2.56. The van der Waals surface area contributed by atoms with Crippen LogP contribution in [0.3, 0.4) is 0 Å². The van der Waals surface area contributed by atoms with E-state index in [0.717, 1.165) is 37.0 Å². The maximum absolute atomic E-state index is 5.87. The van der Waals surface area contributed by atoms with E-state index in [2.05, 4.69) is 20.6 Å². The largest absolute Gasteiger partial charge is 0.356 e. The molecule has 22 heavy (non-hydrogen) atoms. The lowest BCUT2D eigenvalue weighted by atomic mass is 10.1. The molecule has 0 saturated heterocycles. The van der Waals surface area contributed by atoms with Crippen LogP contribution in [0.5, 0.6) is 0 Å². The molecule has 0 fully saturated rings. The summed E-state index contributed by atoms with van der Waals surface area (Å²) in [5.41, 5.74) is 1.25. The molecule has 1 aromatic heterocycles. The molecule has 0 radical (unpaired) electrons. The summed E-state index contributed by atoms with van der Waals surface area (Å²) in [7, 11) is 1.77. The smallest absolute Gasteiger partial charge is 0.191 e. The minimum absolute atomic E-state index is 0. The van der Waals surface area contributed by atoms with Crippen LogP contribution in [0, 0.1) is 0 Å². The van der Waals surface area contributed by atoms with Gasteiger partial charge in [0.1, 0.15) is 0 Å². The lowest BCUT2D eigenvalue weighted by Gasteiger charge is -2.12. The minimum atomic E-state index is 0. The second kappa shape index (κ2) is 10.4. The summed E-state index contributed by atoms with van der Waals surface area (Å²) in [5.74, 6) is 0.809. The quantitative estimate of drug-likeness (QED) is 0.418. The highest BCUT2D eigenvalue weighted by atomic mass is 127. The normalized spacial score (nSPS) is 10.9. The molecule has 0 saturated carbocycles. The van der Waals surface area contributed by atoms with Crippen molar-refractivity contribution < 1.29 is 0 Å². The van der Waals surface area contributed by atoms with Crippen LogP contribution in [0.2, 0.25) is 5.02 Å². The van der Waals surface area contributed by atoms with Gasteiger partial charge < -0.3 is 15.2 Å². The molecule has 7 heteroatoms. The molecule has 0 atom stereocenters. The van der Waals surface area contributed by atoms with Gasteiger partial charge in [-0.25, -0.2) is 4.98 Å². The first-order valence-corrected chi connectivity index (χ1v) is 7.30. The van der Waals surface area contributed by atoms with Gasteiger partial charge in [-0.2, -0.15) is 0 Å². The zero-order chi connectivity index (χ0) is 14.9. The fraction of sp³-hybridized carbons (Fsp3) is 0.333. The van der Waals surface area contributed by atoms with Crippen LogP contribution >= 0.6 is 35.6 Å². The van der Waals surface area contributed by atoms with Gasteiger partial charge in [0, 0.05) is 44.1 Å². The number of imidazole rings is 1. The number of nitrogens with zero attached hydrogens (tertiary/aromatic N) is 3. The van der Waals surface area contributed by atoms with Crippen LogP contribution in [0.1, 0.15) is 5.56 Å². The number of hydrogen-bond acceptors (Lipinski definition) is 2. The second-order valence-electron chi connectivity index (χ2n) is 4.60. The highest BCUT2D eigenvalue weighted by molar-refractivity contribution is 14.0. The first-order chi connectivity index (χ1) is 10.3. The van der Waals surface area contributed by atoms with Crippen LogP contribution in [0.25, 0.3) is 0 Å². The maximum Gasteiger partial charge on any atom is 0.191 e. The number of aliphatic imine (C=N–C) groups is 1. The van der Waals surface area contributed by atoms with Crippen LogP contribution in [0.4, 0.5) is 0 Å². The van der Waals surface area contributed by atoms with E-state index in [1.54, 1.807) is 19.6 Å². The third kappa shape index (κ3) is 6.65. The Labute approximate surface area is 153 Å². The molecular weight excluding hydrogens is 413 g/mol. The van der Waals surface area contributed by atoms with Crippen molar-refractivity contribution in [1.82, 2.24) is 20.2 Å². The molecule has 0 aliphatic heterocycles. The van der Waals surface area contributed by atoms with Crippen molar-refractivity contribution in [3.05, 3.63) is 53.6 Å². The van der Waals surface area contributed by atoms with Crippen molar-refractivity contribution in [2.24, 2.45) is 4.99 Å². The molecule has 5 nitrogen and oxygen atoms in total. The molecule has 1 heterocycles. The molecule has 120 valence electrons. The van der Waals surface area contributed by atoms with E-state index in [1.807, 2.05) is 35.0 Å². The fourth-order valence-electron chi connectivity index (χ4n) is 1.92. The van der Waals surface area contributed by atoms with Gasteiger partial charge in [-0.1, -0.05) is 23.7 Å². The SMILES string of the molecule is CN=C(NCCc1ccc(Cl)cc1)NCCn1ccnc1.I. The predicted molar refractivity (Wildman–Crippen MR) is 102 cm³/mol. The Kier molecular flexibility index (Phi) is 8.91. The first-order valence-electron chi connectivity index (χ1n) is 6.92. The standard InChI is InChI=1S/C15H20ClN5.HI/c1-17-15(20-9-11-21-10-8-18-12-21)19-7-6-13-2-4-14(16)5-3-13;/h2-5,8,10,12H,6-7,9,11H2,1H3,(H2,17,19,20);1H. The summed E-state index contributed by atoms with van der Waals surface area (Å²) in [6.07, 6.45) is 6.45. The third-order valence-electron chi connectivity index (χ3n) is 3.06. The molecule has 0 aliphatic carbocycles. The summed E-state index contributed by atoms with van der Waals surface area (Å²) < 4.78 is 2.02. The molecule has 0 aliphatic rings. The Morgan fingerprint density at radius 2 is 1.95 bits per heavy atom. The van der Waals surface area contributed by atoms with E-state index in [9.17, 15) is 0 Å². The molecular formula is C15H21ClIN5. The summed E-state index contributed by atoms with van der Waals surface area (Å²) in [6.45, 7) is 2.49. The van der Waals surface area contributed by atoms with Gasteiger partial charge in [0.2, 0.25) is 0 Å².